The van der Waals surface area contributed by atoms with Crippen LogP contribution in [0.4, 0.5) is 17.6 Å². The lowest BCUT2D eigenvalue weighted by Gasteiger charge is -2.25. The number of amides is 1. The Morgan fingerprint density at radius 2 is 1.83 bits per heavy atom. The molecule has 230 valence electrons. The number of hydrogen-bond donors (Lipinski definition) is 2. The number of alkyl halides is 4. The molecule has 0 bridgehead atoms. The van der Waals surface area contributed by atoms with E-state index in [4.69, 9.17) is 4.74 Å². The summed E-state index contributed by atoms with van der Waals surface area (Å²) < 4.78 is 79.2. The number of hydrogen-bond acceptors (Lipinski definition) is 4. The maximum atomic E-state index is 14.4. The highest BCUT2D eigenvalue weighted by atomic mass is 32.2. The molecule has 1 unspecified atom stereocenters. The Kier molecular flexibility index (Phi) is 11.7. The molecule has 1 aromatic heterocycles. The molecular formula is C30H43F4N3O3S. The largest absolute Gasteiger partial charge is 0.593 e. The zero-order valence-electron chi connectivity index (χ0n) is 24.5. The molecule has 2 aliphatic rings. The van der Waals surface area contributed by atoms with Gasteiger partial charge in [-0.3, -0.25) is 4.79 Å². The third-order valence-electron chi connectivity index (χ3n) is 7.76. The molecular weight excluding hydrogens is 558 g/mol. The fraction of sp³-hybridized carbons (Fsp3) is 0.633. The fourth-order valence-electron chi connectivity index (χ4n) is 5.37. The molecule has 6 nitrogen and oxygen atoms in total. The van der Waals surface area contributed by atoms with E-state index >= 15 is 0 Å². The first-order valence-electron chi connectivity index (χ1n) is 14.2. The molecule has 0 aromatic carbocycles. The molecule has 1 saturated carbocycles. The average molecular weight is 602 g/mol. The zero-order chi connectivity index (χ0) is 30.4. The predicted molar refractivity (Wildman–Crippen MR) is 155 cm³/mol. The van der Waals surface area contributed by atoms with Crippen LogP contribution in [-0.4, -0.2) is 52.7 Å². The van der Waals surface area contributed by atoms with Crippen LogP contribution in [0.1, 0.15) is 87.5 Å². The van der Waals surface area contributed by atoms with Crippen LogP contribution in [-0.2, 0) is 22.6 Å². The summed E-state index contributed by atoms with van der Waals surface area (Å²) in [5.74, 6) is 0.0942. The summed E-state index contributed by atoms with van der Waals surface area (Å²) in [6.07, 6.45) is 3.80. The number of ether oxygens (including phenoxy) is 1. The summed E-state index contributed by atoms with van der Waals surface area (Å²) in [4.78, 5) is 12.7. The Bertz CT molecular complexity index is 1130. The van der Waals surface area contributed by atoms with Crippen LogP contribution in [0.2, 0.25) is 0 Å². The molecule has 1 aliphatic heterocycles. The van der Waals surface area contributed by atoms with Gasteiger partial charge >= 0.3 is 6.18 Å². The SMILES string of the molecule is C=C/C(=C(\C=C(/C)c1cc(C(=O)NC2CCOCC2)c(C)n1CC1CCCCC1)C(F)(F)F)[S+]([O-])NC(C)(C)CF. The van der Waals surface area contributed by atoms with Crippen molar-refractivity contribution >= 4 is 22.8 Å². The van der Waals surface area contributed by atoms with Crippen LogP contribution < -0.4 is 10.0 Å². The van der Waals surface area contributed by atoms with E-state index in [0.29, 0.717) is 55.5 Å². The van der Waals surface area contributed by atoms with Crippen LogP contribution in [0.15, 0.2) is 35.3 Å². The van der Waals surface area contributed by atoms with Gasteiger partial charge in [0.15, 0.2) is 4.91 Å². The monoisotopic (exact) mass is 601 g/mol. The zero-order valence-corrected chi connectivity index (χ0v) is 25.3. The summed E-state index contributed by atoms with van der Waals surface area (Å²) in [5.41, 5.74) is -0.555. The lowest BCUT2D eigenvalue weighted by Crippen LogP contribution is -2.45. The van der Waals surface area contributed by atoms with Crippen LogP contribution >= 0.6 is 0 Å². The number of carbonyl (C=O) groups excluding carboxylic acids is 1. The van der Waals surface area contributed by atoms with Crippen molar-refractivity contribution in [2.75, 3.05) is 19.9 Å². The quantitative estimate of drug-likeness (QED) is 0.168. The van der Waals surface area contributed by atoms with Crippen LogP contribution in [0, 0.1) is 12.8 Å². The van der Waals surface area contributed by atoms with Gasteiger partial charge < -0.3 is 19.2 Å². The second kappa shape index (κ2) is 14.4. The molecule has 11 heteroatoms. The number of carbonyl (C=O) groups is 1. The first-order valence-corrected chi connectivity index (χ1v) is 15.4. The normalized spacial score (nSPS) is 19.6. The van der Waals surface area contributed by atoms with E-state index in [1.165, 1.54) is 20.3 Å². The second-order valence-corrected chi connectivity index (χ2v) is 12.9. The van der Waals surface area contributed by atoms with E-state index in [-0.39, 0.29) is 17.5 Å². The fourth-order valence-corrected chi connectivity index (χ4v) is 6.56. The van der Waals surface area contributed by atoms with Crippen LogP contribution in [0.3, 0.4) is 0 Å². The molecule has 1 amide bonds. The molecule has 0 radical (unpaired) electrons. The van der Waals surface area contributed by atoms with Gasteiger partial charge in [-0.15, -0.1) is 4.72 Å². The van der Waals surface area contributed by atoms with Crippen molar-refractivity contribution in [3.05, 3.63) is 52.2 Å². The smallest absolute Gasteiger partial charge is 0.421 e. The van der Waals surface area contributed by atoms with Gasteiger partial charge in [-0.1, -0.05) is 25.8 Å². The van der Waals surface area contributed by atoms with E-state index in [1.807, 2.05) is 11.5 Å². The van der Waals surface area contributed by atoms with E-state index < -0.39 is 40.2 Å². The number of nitrogens with one attached hydrogen (secondary N) is 2. The van der Waals surface area contributed by atoms with Gasteiger partial charge in [0, 0.05) is 37.2 Å². The highest BCUT2D eigenvalue weighted by molar-refractivity contribution is 7.93. The minimum atomic E-state index is -4.86. The van der Waals surface area contributed by atoms with Gasteiger partial charge in [-0.05, 0) is 83.1 Å². The number of allylic oxidation sites excluding steroid dienone is 4. The first-order chi connectivity index (χ1) is 19.3. The van der Waals surface area contributed by atoms with Crippen molar-refractivity contribution in [2.45, 2.75) is 96.9 Å². The third kappa shape index (κ3) is 8.95. The van der Waals surface area contributed by atoms with Crippen LogP contribution in [0.5, 0.6) is 0 Å². The Morgan fingerprint density at radius 3 is 2.39 bits per heavy atom. The van der Waals surface area contributed by atoms with Gasteiger partial charge in [-0.25, -0.2) is 4.39 Å². The Balaban J connectivity index is 2.07. The molecule has 2 heterocycles. The van der Waals surface area contributed by atoms with Crippen molar-refractivity contribution in [3.63, 3.8) is 0 Å². The van der Waals surface area contributed by atoms with Gasteiger partial charge in [0.1, 0.15) is 12.2 Å². The van der Waals surface area contributed by atoms with Gasteiger partial charge in [0.05, 0.1) is 22.5 Å². The molecule has 2 N–H and O–H groups in total. The summed E-state index contributed by atoms with van der Waals surface area (Å²) in [6, 6.07) is 1.63. The van der Waals surface area contributed by atoms with Crippen LogP contribution in [0.25, 0.3) is 5.57 Å². The lowest BCUT2D eigenvalue weighted by molar-refractivity contribution is -0.0884. The highest BCUT2D eigenvalue weighted by Crippen LogP contribution is 2.36. The lowest BCUT2D eigenvalue weighted by atomic mass is 9.89. The molecule has 0 spiro atoms. The topological polar surface area (TPSA) is 78.3 Å². The number of rotatable bonds is 11. The van der Waals surface area contributed by atoms with E-state index in [1.54, 1.807) is 13.0 Å². The van der Waals surface area contributed by atoms with Gasteiger partial charge in [0.25, 0.3) is 5.91 Å². The summed E-state index contributed by atoms with van der Waals surface area (Å²) in [5, 5.41) is 3.06. The third-order valence-corrected chi connectivity index (χ3v) is 9.28. The average Bonchev–Trinajstić information content (AvgIpc) is 3.24. The summed E-state index contributed by atoms with van der Waals surface area (Å²) >= 11 is -2.37. The highest BCUT2D eigenvalue weighted by Gasteiger charge is 2.40. The summed E-state index contributed by atoms with van der Waals surface area (Å²) in [6.45, 7) is 10.5. The van der Waals surface area contributed by atoms with E-state index in [9.17, 15) is 26.9 Å². The maximum absolute atomic E-state index is 14.4. The summed E-state index contributed by atoms with van der Waals surface area (Å²) in [7, 11) is 0. The molecule has 2 fully saturated rings. The maximum Gasteiger partial charge on any atom is 0.421 e. The Labute approximate surface area is 244 Å². The molecule has 41 heavy (non-hydrogen) atoms. The van der Waals surface area contributed by atoms with Gasteiger partial charge in [-0.2, -0.15) is 13.2 Å². The molecule has 1 saturated heterocycles. The molecule has 1 aromatic rings. The first kappa shape index (κ1) is 33.4. The Hall–Kier alpha value is -2.08. The number of aromatic nitrogens is 1. The van der Waals surface area contributed by atoms with Crippen molar-refractivity contribution in [3.8, 4) is 0 Å². The van der Waals surface area contributed by atoms with Crippen molar-refractivity contribution in [1.82, 2.24) is 14.6 Å². The Morgan fingerprint density at radius 1 is 1.20 bits per heavy atom. The van der Waals surface area contributed by atoms with Crippen molar-refractivity contribution in [1.29, 1.82) is 0 Å². The number of nitrogens with zero attached hydrogens (tertiary/aromatic N) is 1. The minimum absolute atomic E-state index is 0.0246. The molecule has 1 atom stereocenters. The number of halogens is 4. The van der Waals surface area contributed by atoms with E-state index in [2.05, 4.69) is 16.6 Å². The van der Waals surface area contributed by atoms with E-state index in [0.717, 1.165) is 37.8 Å². The standard InChI is InChI=1S/C30H43F4N3O3S/c1-6-27(41(39)36-29(4,5)19-31)25(30(32,33)34)16-20(2)26-17-24(28(38)35-23-12-14-40-15-13-23)21(3)37(26)18-22-10-8-7-9-11-22/h6,16-17,22-23,36H,1,7-15,18-19H2,2-5H3,(H,35,38)/b20-16+,27-25-. The molecule has 1 aliphatic carbocycles. The molecule has 3 rings (SSSR count). The predicted octanol–water partition coefficient (Wildman–Crippen LogP) is 6.69. The minimum Gasteiger partial charge on any atom is -0.593 e. The van der Waals surface area contributed by atoms with Gasteiger partial charge in [0.2, 0.25) is 0 Å². The second-order valence-electron chi connectivity index (χ2n) is 11.7. The van der Waals surface area contributed by atoms with Crippen molar-refractivity contribution < 1.29 is 31.6 Å². The van der Waals surface area contributed by atoms with Crippen molar-refractivity contribution in [2.24, 2.45) is 5.92 Å².